The minimum absolute atomic E-state index is 0.164. The standard InChI is InChI=1S/C17H26FN3O2/c1-3-20(17(22)23-4-2)13-16(21-11-9-19-10-12-21)14-7-5-6-8-15(14)18/h5-8,16,19H,3-4,9-13H2,1-2H3. The van der Waals surface area contributed by atoms with Crippen LogP contribution in [0.15, 0.2) is 24.3 Å². The number of hydrogen-bond donors (Lipinski definition) is 1. The first-order chi connectivity index (χ1) is 11.2. The second-order valence-electron chi connectivity index (χ2n) is 5.56. The monoisotopic (exact) mass is 323 g/mol. The maximum Gasteiger partial charge on any atom is 0.409 e. The van der Waals surface area contributed by atoms with Crippen molar-refractivity contribution in [1.82, 2.24) is 15.1 Å². The van der Waals surface area contributed by atoms with E-state index in [1.54, 1.807) is 24.0 Å². The van der Waals surface area contributed by atoms with E-state index in [1.807, 2.05) is 13.0 Å². The second kappa shape index (κ2) is 8.84. The van der Waals surface area contributed by atoms with Crippen LogP contribution >= 0.6 is 0 Å². The molecule has 1 aliphatic rings. The number of benzene rings is 1. The normalized spacial score (nSPS) is 16.8. The highest BCUT2D eigenvalue weighted by atomic mass is 19.1. The first kappa shape index (κ1) is 17.7. The number of likely N-dealkylation sites (N-methyl/N-ethyl adjacent to an activating group) is 1. The number of ether oxygens (including phenoxy) is 1. The van der Waals surface area contributed by atoms with E-state index in [1.165, 1.54) is 6.07 Å². The molecule has 1 heterocycles. The third-order valence-corrected chi connectivity index (χ3v) is 4.16. The summed E-state index contributed by atoms with van der Waals surface area (Å²) >= 11 is 0. The van der Waals surface area contributed by atoms with Crippen molar-refractivity contribution in [2.75, 3.05) is 45.9 Å². The number of halogens is 1. The highest BCUT2D eigenvalue weighted by Gasteiger charge is 2.28. The van der Waals surface area contributed by atoms with Gasteiger partial charge in [-0.1, -0.05) is 18.2 Å². The second-order valence-corrected chi connectivity index (χ2v) is 5.56. The van der Waals surface area contributed by atoms with Crippen molar-refractivity contribution < 1.29 is 13.9 Å². The van der Waals surface area contributed by atoms with Gasteiger partial charge in [0.05, 0.1) is 12.6 Å². The number of nitrogens with zero attached hydrogens (tertiary/aromatic N) is 2. The van der Waals surface area contributed by atoms with Gasteiger partial charge >= 0.3 is 6.09 Å². The predicted molar refractivity (Wildman–Crippen MR) is 87.9 cm³/mol. The lowest BCUT2D eigenvalue weighted by Gasteiger charge is -2.37. The minimum atomic E-state index is -0.341. The van der Waals surface area contributed by atoms with Crippen LogP contribution in [0.3, 0.4) is 0 Å². The van der Waals surface area contributed by atoms with Crippen molar-refractivity contribution in [3.63, 3.8) is 0 Å². The van der Waals surface area contributed by atoms with Crippen molar-refractivity contribution >= 4 is 6.09 Å². The summed E-state index contributed by atoms with van der Waals surface area (Å²) in [7, 11) is 0. The van der Waals surface area contributed by atoms with Crippen LogP contribution in [0.25, 0.3) is 0 Å². The van der Waals surface area contributed by atoms with Gasteiger partial charge in [-0.3, -0.25) is 4.90 Å². The average Bonchev–Trinajstić information content (AvgIpc) is 2.58. The Morgan fingerprint density at radius 1 is 1.35 bits per heavy atom. The van der Waals surface area contributed by atoms with Gasteiger partial charge in [0.15, 0.2) is 0 Å². The summed E-state index contributed by atoms with van der Waals surface area (Å²) in [6.45, 7) is 8.41. The van der Waals surface area contributed by atoms with Gasteiger partial charge in [0, 0.05) is 44.8 Å². The molecule has 5 nitrogen and oxygen atoms in total. The molecule has 1 atom stereocenters. The molecule has 1 unspecified atom stereocenters. The van der Waals surface area contributed by atoms with Crippen LogP contribution in [-0.4, -0.2) is 61.8 Å². The van der Waals surface area contributed by atoms with Crippen LogP contribution in [0.2, 0.25) is 0 Å². The summed E-state index contributed by atoms with van der Waals surface area (Å²) in [5, 5.41) is 3.31. The van der Waals surface area contributed by atoms with E-state index in [0.717, 1.165) is 26.2 Å². The summed E-state index contributed by atoms with van der Waals surface area (Å²) in [5.74, 6) is -0.226. The van der Waals surface area contributed by atoms with Crippen molar-refractivity contribution in [2.24, 2.45) is 0 Å². The third-order valence-electron chi connectivity index (χ3n) is 4.16. The zero-order chi connectivity index (χ0) is 16.7. The van der Waals surface area contributed by atoms with Gasteiger partial charge in [-0.2, -0.15) is 0 Å². The zero-order valence-corrected chi connectivity index (χ0v) is 13.9. The van der Waals surface area contributed by atoms with Crippen molar-refractivity contribution in [3.05, 3.63) is 35.6 Å². The van der Waals surface area contributed by atoms with E-state index in [4.69, 9.17) is 4.74 Å². The minimum Gasteiger partial charge on any atom is -0.450 e. The Kier molecular flexibility index (Phi) is 6.80. The lowest BCUT2D eigenvalue weighted by molar-refractivity contribution is 0.0846. The molecule has 128 valence electrons. The molecule has 0 saturated carbocycles. The summed E-state index contributed by atoms with van der Waals surface area (Å²) in [6.07, 6.45) is -0.341. The van der Waals surface area contributed by atoms with Gasteiger partial charge in [-0.25, -0.2) is 9.18 Å². The molecular formula is C17H26FN3O2. The number of piperazine rings is 1. The molecular weight excluding hydrogens is 297 g/mol. The van der Waals surface area contributed by atoms with E-state index in [-0.39, 0.29) is 18.0 Å². The Bertz CT molecular complexity index is 506. The highest BCUT2D eigenvalue weighted by Crippen LogP contribution is 2.25. The van der Waals surface area contributed by atoms with Crippen LogP contribution in [-0.2, 0) is 4.74 Å². The Morgan fingerprint density at radius 3 is 2.65 bits per heavy atom. The SMILES string of the molecule is CCOC(=O)N(CC)CC(c1ccccc1F)N1CCNCC1. The summed E-state index contributed by atoms with van der Waals surface area (Å²) in [4.78, 5) is 16.0. The molecule has 1 fully saturated rings. The number of amides is 1. The molecule has 0 bridgehead atoms. The molecule has 0 aliphatic carbocycles. The van der Waals surface area contributed by atoms with Crippen LogP contribution < -0.4 is 5.32 Å². The molecule has 1 saturated heterocycles. The fraction of sp³-hybridized carbons (Fsp3) is 0.588. The molecule has 1 aliphatic heterocycles. The Labute approximate surface area is 137 Å². The molecule has 1 aromatic carbocycles. The van der Waals surface area contributed by atoms with Crippen molar-refractivity contribution in [3.8, 4) is 0 Å². The molecule has 23 heavy (non-hydrogen) atoms. The number of rotatable bonds is 6. The number of carbonyl (C=O) groups is 1. The van der Waals surface area contributed by atoms with E-state index >= 15 is 0 Å². The van der Waals surface area contributed by atoms with Crippen LogP contribution in [0.5, 0.6) is 0 Å². The van der Waals surface area contributed by atoms with E-state index in [2.05, 4.69) is 10.2 Å². The predicted octanol–water partition coefficient (Wildman–Crippen LogP) is 2.25. The first-order valence-electron chi connectivity index (χ1n) is 8.28. The quantitative estimate of drug-likeness (QED) is 0.872. The van der Waals surface area contributed by atoms with Gasteiger partial charge in [0.2, 0.25) is 0 Å². The Morgan fingerprint density at radius 2 is 2.04 bits per heavy atom. The molecule has 1 N–H and O–H groups in total. The number of hydrogen-bond acceptors (Lipinski definition) is 4. The van der Waals surface area contributed by atoms with Crippen LogP contribution in [0, 0.1) is 5.82 Å². The van der Waals surface area contributed by atoms with Gasteiger partial charge in [-0.05, 0) is 19.9 Å². The van der Waals surface area contributed by atoms with Gasteiger partial charge < -0.3 is 15.0 Å². The van der Waals surface area contributed by atoms with Gasteiger partial charge in [0.1, 0.15) is 5.82 Å². The van der Waals surface area contributed by atoms with E-state index in [0.29, 0.717) is 25.3 Å². The lowest BCUT2D eigenvalue weighted by Crippen LogP contribution is -2.49. The maximum atomic E-state index is 14.3. The van der Waals surface area contributed by atoms with Gasteiger partial charge in [-0.15, -0.1) is 0 Å². The smallest absolute Gasteiger partial charge is 0.409 e. The maximum absolute atomic E-state index is 14.3. The molecule has 1 amide bonds. The van der Waals surface area contributed by atoms with Gasteiger partial charge in [0.25, 0.3) is 0 Å². The van der Waals surface area contributed by atoms with Crippen molar-refractivity contribution in [1.29, 1.82) is 0 Å². The summed E-state index contributed by atoms with van der Waals surface area (Å²) in [6, 6.07) is 6.65. The number of nitrogens with one attached hydrogen (secondary N) is 1. The topological polar surface area (TPSA) is 44.8 Å². The summed E-state index contributed by atoms with van der Waals surface area (Å²) < 4.78 is 19.4. The molecule has 1 aromatic rings. The Hall–Kier alpha value is -1.66. The fourth-order valence-electron chi connectivity index (χ4n) is 2.91. The van der Waals surface area contributed by atoms with E-state index in [9.17, 15) is 9.18 Å². The Balaban J connectivity index is 2.22. The molecule has 6 heteroatoms. The van der Waals surface area contributed by atoms with E-state index < -0.39 is 0 Å². The number of carbonyl (C=O) groups excluding carboxylic acids is 1. The van der Waals surface area contributed by atoms with Crippen LogP contribution in [0.4, 0.5) is 9.18 Å². The summed E-state index contributed by atoms with van der Waals surface area (Å²) in [5.41, 5.74) is 0.636. The first-order valence-corrected chi connectivity index (χ1v) is 8.28. The largest absolute Gasteiger partial charge is 0.450 e. The van der Waals surface area contributed by atoms with Crippen molar-refractivity contribution in [2.45, 2.75) is 19.9 Å². The fourth-order valence-corrected chi connectivity index (χ4v) is 2.91. The molecule has 2 rings (SSSR count). The molecule has 0 spiro atoms. The average molecular weight is 323 g/mol. The highest BCUT2D eigenvalue weighted by molar-refractivity contribution is 5.67. The zero-order valence-electron chi connectivity index (χ0n) is 13.9. The molecule has 0 radical (unpaired) electrons. The van der Waals surface area contributed by atoms with Crippen LogP contribution in [0.1, 0.15) is 25.5 Å². The lowest BCUT2D eigenvalue weighted by atomic mass is 10.0. The molecule has 0 aromatic heterocycles. The third kappa shape index (κ3) is 4.65.